The number of rotatable bonds is 4. The maximum Gasteiger partial charge on any atom is 0.0543 e. The molecular weight excluding hydrogens is 314 g/mol. The summed E-state index contributed by atoms with van der Waals surface area (Å²) in [6, 6.07) is 8.75. The summed E-state index contributed by atoms with van der Waals surface area (Å²) in [5.74, 6) is 0. The van der Waals surface area contributed by atoms with Crippen molar-refractivity contribution in [1.29, 1.82) is 0 Å². The van der Waals surface area contributed by atoms with Crippen molar-refractivity contribution in [2.45, 2.75) is 45.8 Å². The molecule has 4 heteroatoms. The summed E-state index contributed by atoms with van der Waals surface area (Å²) in [6.07, 6.45) is 4.05. The molecule has 0 fully saturated rings. The third-order valence-electron chi connectivity index (χ3n) is 3.31. The lowest BCUT2D eigenvalue weighted by atomic mass is 10.1. The average molecular weight is 336 g/mol. The third-order valence-corrected chi connectivity index (χ3v) is 3.83. The molecular formula is C16H22BrN3. The zero-order valence-electron chi connectivity index (χ0n) is 12.5. The molecule has 2 aromatic rings. The normalized spacial score (nSPS) is 13.4. The van der Waals surface area contributed by atoms with Crippen molar-refractivity contribution >= 4 is 15.9 Å². The number of nitrogens with zero attached hydrogens (tertiary/aromatic N) is 2. The fourth-order valence-electron chi connectivity index (χ4n) is 1.96. The van der Waals surface area contributed by atoms with Crippen molar-refractivity contribution in [3.8, 4) is 0 Å². The summed E-state index contributed by atoms with van der Waals surface area (Å²) in [4.78, 5) is 0. The minimum absolute atomic E-state index is 0.0373. The fraction of sp³-hybridized carbons (Fsp3) is 0.438. The van der Waals surface area contributed by atoms with Gasteiger partial charge in [-0.3, -0.25) is 4.68 Å². The standard InChI is InChI=1S/C16H22BrN3/c1-12(14-5-7-15(17)8-6-14)18-9-13-10-19-20(11-13)16(2,3)4/h5-8,10-12,18H,9H2,1-4H3. The van der Waals surface area contributed by atoms with Gasteiger partial charge in [-0.15, -0.1) is 0 Å². The molecule has 0 saturated carbocycles. The Hall–Kier alpha value is -1.13. The van der Waals surface area contributed by atoms with E-state index >= 15 is 0 Å². The van der Waals surface area contributed by atoms with Crippen LogP contribution in [0.1, 0.15) is 44.9 Å². The van der Waals surface area contributed by atoms with Crippen LogP contribution in [0.4, 0.5) is 0 Å². The van der Waals surface area contributed by atoms with Gasteiger partial charge >= 0.3 is 0 Å². The molecule has 1 atom stereocenters. The second-order valence-corrected chi connectivity index (χ2v) is 7.03. The first-order valence-electron chi connectivity index (χ1n) is 6.89. The molecule has 108 valence electrons. The molecule has 0 spiro atoms. The molecule has 1 aromatic carbocycles. The van der Waals surface area contributed by atoms with Crippen LogP contribution in [-0.4, -0.2) is 9.78 Å². The molecule has 0 bridgehead atoms. The molecule has 0 aliphatic rings. The summed E-state index contributed by atoms with van der Waals surface area (Å²) in [7, 11) is 0. The van der Waals surface area contributed by atoms with Gasteiger partial charge in [-0.25, -0.2) is 0 Å². The Morgan fingerprint density at radius 2 is 1.90 bits per heavy atom. The van der Waals surface area contributed by atoms with Crippen LogP contribution in [0.25, 0.3) is 0 Å². The molecule has 1 heterocycles. The van der Waals surface area contributed by atoms with Crippen molar-refractivity contribution in [2.24, 2.45) is 0 Å². The highest BCUT2D eigenvalue weighted by Crippen LogP contribution is 2.17. The number of hydrogen-bond donors (Lipinski definition) is 1. The number of benzene rings is 1. The summed E-state index contributed by atoms with van der Waals surface area (Å²) < 4.78 is 3.12. The van der Waals surface area contributed by atoms with E-state index in [9.17, 15) is 0 Å². The molecule has 0 aliphatic heterocycles. The van der Waals surface area contributed by atoms with Gasteiger partial charge in [0.05, 0.1) is 11.7 Å². The Balaban J connectivity index is 1.95. The van der Waals surface area contributed by atoms with Crippen molar-refractivity contribution < 1.29 is 0 Å². The zero-order valence-corrected chi connectivity index (χ0v) is 14.1. The van der Waals surface area contributed by atoms with E-state index in [1.54, 1.807) is 0 Å². The molecule has 1 unspecified atom stereocenters. The average Bonchev–Trinajstić information content (AvgIpc) is 2.85. The molecule has 0 aliphatic carbocycles. The quantitative estimate of drug-likeness (QED) is 0.904. The highest BCUT2D eigenvalue weighted by atomic mass is 79.9. The Bertz CT molecular complexity index is 552. The highest BCUT2D eigenvalue weighted by Gasteiger charge is 2.14. The van der Waals surface area contributed by atoms with E-state index < -0.39 is 0 Å². The van der Waals surface area contributed by atoms with Crippen molar-refractivity contribution in [2.75, 3.05) is 0 Å². The van der Waals surface area contributed by atoms with Crippen molar-refractivity contribution in [3.05, 3.63) is 52.3 Å². The van der Waals surface area contributed by atoms with Crippen molar-refractivity contribution in [3.63, 3.8) is 0 Å². The van der Waals surface area contributed by atoms with Gasteiger partial charge in [-0.2, -0.15) is 5.10 Å². The Kier molecular flexibility index (Phi) is 4.66. The molecule has 0 saturated heterocycles. The lowest BCUT2D eigenvalue weighted by Gasteiger charge is -2.18. The molecule has 1 N–H and O–H groups in total. The van der Waals surface area contributed by atoms with Gasteiger partial charge in [0, 0.05) is 28.8 Å². The fourth-order valence-corrected chi connectivity index (χ4v) is 2.22. The minimum atomic E-state index is 0.0373. The minimum Gasteiger partial charge on any atom is -0.306 e. The summed E-state index contributed by atoms with van der Waals surface area (Å²) in [6.45, 7) is 9.47. The largest absolute Gasteiger partial charge is 0.306 e. The number of aromatic nitrogens is 2. The topological polar surface area (TPSA) is 29.9 Å². The highest BCUT2D eigenvalue weighted by molar-refractivity contribution is 9.10. The lowest BCUT2D eigenvalue weighted by molar-refractivity contribution is 0.355. The molecule has 20 heavy (non-hydrogen) atoms. The Labute approximate surface area is 129 Å². The first-order chi connectivity index (χ1) is 9.36. The molecule has 1 aromatic heterocycles. The number of nitrogens with one attached hydrogen (secondary N) is 1. The van der Waals surface area contributed by atoms with E-state index in [0.29, 0.717) is 6.04 Å². The van der Waals surface area contributed by atoms with Crippen LogP contribution >= 0.6 is 15.9 Å². The molecule has 2 rings (SSSR count). The maximum atomic E-state index is 4.42. The van der Waals surface area contributed by atoms with Crippen LogP contribution in [0.5, 0.6) is 0 Å². The van der Waals surface area contributed by atoms with Gasteiger partial charge in [-0.05, 0) is 45.4 Å². The number of halogens is 1. The van der Waals surface area contributed by atoms with Crippen LogP contribution in [0.15, 0.2) is 41.1 Å². The van der Waals surface area contributed by atoms with Crippen LogP contribution < -0.4 is 5.32 Å². The first-order valence-corrected chi connectivity index (χ1v) is 7.68. The number of hydrogen-bond acceptors (Lipinski definition) is 2. The zero-order chi connectivity index (χ0) is 14.8. The second kappa shape index (κ2) is 6.10. The summed E-state index contributed by atoms with van der Waals surface area (Å²) in [5.41, 5.74) is 2.54. The predicted molar refractivity (Wildman–Crippen MR) is 86.6 cm³/mol. The van der Waals surface area contributed by atoms with E-state index in [4.69, 9.17) is 0 Å². The van der Waals surface area contributed by atoms with E-state index in [-0.39, 0.29) is 5.54 Å². The Morgan fingerprint density at radius 1 is 1.25 bits per heavy atom. The lowest BCUT2D eigenvalue weighted by Crippen LogP contribution is -2.22. The Morgan fingerprint density at radius 3 is 2.45 bits per heavy atom. The maximum absolute atomic E-state index is 4.42. The van der Waals surface area contributed by atoms with Gasteiger partial charge in [0.15, 0.2) is 0 Å². The molecule has 0 amide bonds. The van der Waals surface area contributed by atoms with Gasteiger partial charge in [0.25, 0.3) is 0 Å². The third kappa shape index (κ3) is 3.93. The van der Waals surface area contributed by atoms with Gasteiger partial charge in [-0.1, -0.05) is 28.1 Å². The first kappa shape index (κ1) is 15.3. The molecule has 0 radical (unpaired) electrons. The van der Waals surface area contributed by atoms with Crippen molar-refractivity contribution in [1.82, 2.24) is 15.1 Å². The summed E-state index contributed by atoms with van der Waals surface area (Å²) in [5, 5.41) is 7.95. The van der Waals surface area contributed by atoms with Gasteiger partial charge < -0.3 is 5.32 Å². The van der Waals surface area contributed by atoms with E-state index in [0.717, 1.165) is 11.0 Å². The summed E-state index contributed by atoms with van der Waals surface area (Å²) >= 11 is 3.46. The SMILES string of the molecule is CC(NCc1cnn(C(C)(C)C)c1)c1ccc(Br)cc1. The van der Waals surface area contributed by atoms with Crippen LogP contribution in [-0.2, 0) is 12.1 Å². The van der Waals surface area contributed by atoms with Gasteiger partial charge in [0.1, 0.15) is 0 Å². The van der Waals surface area contributed by atoms with Crippen LogP contribution in [0.3, 0.4) is 0 Å². The second-order valence-electron chi connectivity index (χ2n) is 6.12. The van der Waals surface area contributed by atoms with E-state index in [2.05, 4.69) is 84.5 Å². The van der Waals surface area contributed by atoms with Crippen LogP contribution in [0.2, 0.25) is 0 Å². The monoisotopic (exact) mass is 335 g/mol. The predicted octanol–water partition coefficient (Wildman–Crippen LogP) is 4.25. The smallest absolute Gasteiger partial charge is 0.0543 e. The van der Waals surface area contributed by atoms with E-state index in [1.165, 1.54) is 11.1 Å². The van der Waals surface area contributed by atoms with Crippen LogP contribution in [0, 0.1) is 0 Å². The van der Waals surface area contributed by atoms with Gasteiger partial charge in [0.2, 0.25) is 0 Å². The van der Waals surface area contributed by atoms with E-state index in [1.807, 2.05) is 10.9 Å². The molecule has 3 nitrogen and oxygen atoms in total.